The van der Waals surface area contributed by atoms with Crippen LogP contribution in [-0.2, 0) is 4.79 Å². The minimum absolute atomic E-state index is 0.262. The van der Waals surface area contributed by atoms with Gasteiger partial charge in [0.25, 0.3) is 0 Å². The van der Waals surface area contributed by atoms with Gasteiger partial charge in [-0.25, -0.2) is 0 Å². The van der Waals surface area contributed by atoms with Gasteiger partial charge in [0.15, 0.2) is 0 Å². The molecule has 2 nitrogen and oxygen atoms in total. The second kappa shape index (κ2) is 5.59. The Morgan fingerprint density at radius 2 is 2.30 bits per heavy atom. The van der Waals surface area contributed by atoms with E-state index in [0.29, 0.717) is 0 Å². The molecule has 1 unspecified atom stereocenters. The molecule has 0 aromatic rings. The maximum atomic E-state index is 10.2. The normalized spacial score (nSPS) is 13.0. The SMILES string of the molecule is CCCSC(C)CC(=O)O. The lowest BCUT2D eigenvalue weighted by Gasteiger charge is -2.05. The summed E-state index contributed by atoms with van der Waals surface area (Å²) >= 11 is 1.72. The second-order valence-corrected chi connectivity index (χ2v) is 3.83. The first kappa shape index (κ1) is 9.82. The standard InChI is InChI=1S/C7H14O2S/c1-3-4-10-6(2)5-7(8)9/h6H,3-5H2,1-2H3,(H,8,9). The summed E-state index contributed by atoms with van der Waals surface area (Å²) < 4.78 is 0. The van der Waals surface area contributed by atoms with Gasteiger partial charge < -0.3 is 5.11 Å². The van der Waals surface area contributed by atoms with Crippen LogP contribution in [0.3, 0.4) is 0 Å². The topological polar surface area (TPSA) is 37.3 Å². The lowest BCUT2D eigenvalue weighted by molar-refractivity contribution is -0.136. The van der Waals surface area contributed by atoms with Gasteiger partial charge in [0.2, 0.25) is 0 Å². The zero-order chi connectivity index (χ0) is 7.98. The van der Waals surface area contributed by atoms with Crippen LogP contribution < -0.4 is 0 Å². The summed E-state index contributed by atoms with van der Waals surface area (Å²) in [6, 6.07) is 0. The number of hydrogen-bond donors (Lipinski definition) is 1. The highest BCUT2D eigenvalue weighted by molar-refractivity contribution is 7.99. The highest BCUT2D eigenvalue weighted by Gasteiger charge is 2.05. The maximum absolute atomic E-state index is 10.2. The number of carboxylic acids is 1. The van der Waals surface area contributed by atoms with Crippen LogP contribution in [0.15, 0.2) is 0 Å². The van der Waals surface area contributed by atoms with Gasteiger partial charge in [0, 0.05) is 5.25 Å². The monoisotopic (exact) mass is 162 g/mol. The third-order valence-corrected chi connectivity index (χ3v) is 2.45. The van der Waals surface area contributed by atoms with Crippen molar-refractivity contribution in [2.45, 2.75) is 31.9 Å². The molecule has 0 rings (SSSR count). The molecule has 0 aliphatic heterocycles. The van der Waals surface area contributed by atoms with E-state index in [-0.39, 0.29) is 11.7 Å². The summed E-state index contributed by atoms with van der Waals surface area (Å²) in [6.45, 7) is 4.05. The van der Waals surface area contributed by atoms with Crippen LogP contribution in [0.5, 0.6) is 0 Å². The van der Waals surface area contributed by atoms with Gasteiger partial charge in [0.1, 0.15) is 0 Å². The molecule has 0 fully saturated rings. The van der Waals surface area contributed by atoms with E-state index in [4.69, 9.17) is 5.11 Å². The molecule has 10 heavy (non-hydrogen) atoms. The average Bonchev–Trinajstić information content (AvgIpc) is 1.82. The molecule has 0 amide bonds. The molecule has 3 heteroatoms. The largest absolute Gasteiger partial charge is 0.481 e. The number of carbonyl (C=O) groups is 1. The van der Waals surface area contributed by atoms with Gasteiger partial charge in [0.05, 0.1) is 6.42 Å². The van der Waals surface area contributed by atoms with Crippen LogP contribution in [0.25, 0.3) is 0 Å². The molecule has 60 valence electrons. The summed E-state index contributed by atoms with van der Waals surface area (Å²) in [6.07, 6.45) is 1.40. The van der Waals surface area contributed by atoms with E-state index in [1.165, 1.54) is 0 Å². The van der Waals surface area contributed by atoms with Crippen LogP contribution >= 0.6 is 11.8 Å². The van der Waals surface area contributed by atoms with Crippen molar-refractivity contribution < 1.29 is 9.90 Å². The zero-order valence-corrected chi connectivity index (χ0v) is 7.28. The van der Waals surface area contributed by atoms with Crippen molar-refractivity contribution in [3.05, 3.63) is 0 Å². The predicted molar refractivity (Wildman–Crippen MR) is 44.5 cm³/mol. The zero-order valence-electron chi connectivity index (χ0n) is 6.46. The Labute approximate surface area is 66.0 Å². The highest BCUT2D eigenvalue weighted by Crippen LogP contribution is 2.14. The minimum atomic E-state index is -0.698. The Bertz CT molecular complexity index is 104. The number of thioether (sulfide) groups is 1. The summed E-state index contributed by atoms with van der Waals surface area (Å²) in [5.41, 5.74) is 0. The van der Waals surface area contributed by atoms with Gasteiger partial charge in [-0.05, 0) is 12.2 Å². The van der Waals surface area contributed by atoms with Crippen molar-refractivity contribution in [2.75, 3.05) is 5.75 Å². The molecule has 1 N–H and O–H groups in total. The fraction of sp³-hybridized carbons (Fsp3) is 0.857. The van der Waals surface area contributed by atoms with Gasteiger partial charge in [-0.15, -0.1) is 0 Å². The lowest BCUT2D eigenvalue weighted by Crippen LogP contribution is -2.05. The Morgan fingerprint density at radius 3 is 2.70 bits per heavy atom. The van der Waals surface area contributed by atoms with E-state index in [1.807, 2.05) is 6.92 Å². The van der Waals surface area contributed by atoms with Crippen LogP contribution in [0.2, 0.25) is 0 Å². The molecule has 0 aromatic heterocycles. The molecule has 1 atom stereocenters. The fourth-order valence-corrected chi connectivity index (χ4v) is 1.52. The van der Waals surface area contributed by atoms with Gasteiger partial charge in [-0.1, -0.05) is 13.8 Å². The van der Waals surface area contributed by atoms with Crippen molar-refractivity contribution >= 4 is 17.7 Å². The first-order chi connectivity index (χ1) is 4.66. The maximum Gasteiger partial charge on any atom is 0.304 e. The number of hydrogen-bond acceptors (Lipinski definition) is 2. The Morgan fingerprint density at radius 1 is 1.70 bits per heavy atom. The van der Waals surface area contributed by atoms with E-state index in [2.05, 4.69) is 6.92 Å². The molecule has 0 saturated carbocycles. The molecule has 0 saturated heterocycles. The van der Waals surface area contributed by atoms with Crippen molar-refractivity contribution in [2.24, 2.45) is 0 Å². The molecule has 0 aliphatic rings. The quantitative estimate of drug-likeness (QED) is 0.671. The van der Waals surface area contributed by atoms with Gasteiger partial charge >= 0.3 is 5.97 Å². The minimum Gasteiger partial charge on any atom is -0.481 e. The van der Waals surface area contributed by atoms with Crippen LogP contribution in [0, 0.1) is 0 Å². The first-order valence-corrected chi connectivity index (χ1v) is 4.55. The molecule has 0 heterocycles. The van der Waals surface area contributed by atoms with Crippen molar-refractivity contribution in [3.8, 4) is 0 Å². The molecular formula is C7H14O2S. The second-order valence-electron chi connectivity index (χ2n) is 2.28. The third kappa shape index (κ3) is 5.95. The van der Waals surface area contributed by atoms with E-state index in [0.717, 1.165) is 12.2 Å². The van der Waals surface area contributed by atoms with E-state index in [1.54, 1.807) is 11.8 Å². The third-order valence-electron chi connectivity index (χ3n) is 1.07. The van der Waals surface area contributed by atoms with Crippen molar-refractivity contribution in [3.63, 3.8) is 0 Å². The first-order valence-electron chi connectivity index (χ1n) is 3.50. The van der Waals surface area contributed by atoms with E-state index < -0.39 is 5.97 Å². The molecule has 0 spiro atoms. The lowest BCUT2D eigenvalue weighted by atomic mass is 10.3. The van der Waals surface area contributed by atoms with E-state index >= 15 is 0 Å². The van der Waals surface area contributed by atoms with Crippen LogP contribution in [-0.4, -0.2) is 22.1 Å². The summed E-state index contributed by atoms with van der Waals surface area (Å²) in [5.74, 6) is 0.366. The molecule has 0 aromatic carbocycles. The van der Waals surface area contributed by atoms with Crippen molar-refractivity contribution in [1.29, 1.82) is 0 Å². The van der Waals surface area contributed by atoms with Crippen LogP contribution in [0.1, 0.15) is 26.7 Å². The summed E-state index contributed by atoms with van der Waals surface area (Å²) in [4.78, 5) is 10.2. The highest BCUT2D eigenvalue weighted by atomic mass is 32.2. The summed E-state index contributed by atoms with van der Waals surface area (Å²) in [7, 11) is 0. The Hall–Kier alpha value is -0.180. The number of rotatable bonds is 5. The van der Waals surface area contributed by atoms with Gasteiger partial charge in [-0.2, -0.15) is 11.8 Å². The molecular weight excluding hydrogens is 148 g/mol. The van der Waals surface area contributed by atoms with Crippen molar-refractivity contribution in [1.82, 2.24) is 0 Å². The predicted octanol–water partition coefficient (Wildman–Crippen LogP) is 1.99. The molecule has 0 aliphatic carbocycles. The molecule has 0 bridgehead atoms. The summed E-state index contributed by atoms with van der Waals surface area (Å²) in [5, 5.41) is 8.63. The number of carboxylic acid groups (broad SMARTS) is 1. The fourth-order valence-electron chi connectivity index (χ4n) is 0.624. The molecule has 0 radical (unpaired) electrons. The average molecular weight is 162 g/mol. The smallest absolute Gasteiger partial charge is 0.304 e. The Kier molecular flexibility index (Phi) is 5.49. The number of aliphatic carboxylic acids is 1. The van der Waals surface area contributed by atoms with Gasteiger partial charge in [-0.3, -0.25) is 4.79 Å². The van der Waals surface area contributed by atoms with Crippen LogP contribution in [0.4, 0.5) is 0 Å². The Balaban J connectivity index is 3.25. The van der Waals surface area contributed by atoms with E-state index in [9.17, 15) is 4.79 Å².